The highest BCUT2D eigenvalue weighted by Gasteiger charge is 2.52. The number of amidine groups is 1. The SMILES string of the molecule is CC1(C)[NH+]=C(Nc2ccccc2)C(C)(C)N1O. The number of benzene rings is 1. The van der Waals surface area contributed by atoms with Gasteiger partial charge >= 0.3 is 0 Å². The van der Waals surface area contributed by atoms with Crippen molar-refractivity contribution in [3.8, 4) is 0 Å². The van der Waals surface area contributed by atoms with Gasteiger partial charge in [-0.2, -0.15) is 0 Å². The number of para-hydroxylation sites is 1. The first-order valence-corrected chi connectivity index (χ1v) is 5.81. The van der Waals surface area contributed by atoms with Crippen molar-refractivity contribution in [3.05, 3.63) is 30.3 Å². The highest BCUT2D eigenvalue weighted by Crippen LogP contribution is 2.23. The molecule has 0 aliphatic carbocycles. The fourth-order valence-corrected chi connectivity index (χ4v) is 2.17. The molecule has 0 atom stereocenters. The van der Waals surface area contributed by atoms with Crippen LogP contribution < -0.4 is 10.3 Å². The van der Waals surface area contributed by atoms with Gasteiger partial charge in [0, 0.05) is 0 Å². The monoisotopic (exact) mass is 234 g/mol. The van der Waals surface area contributed by atoms with Crippen LogP contribution in [0.4, 0.5) is 5.69 Å². The molecular formula is C13H20N3O+. The lowest BCUT2D eigenvalue weighted by molar-refractivity contribution is -0.585. The maximum atomic E-state index is 10.1. The Hall–Kier alpha value is -1.39. The first-order chi connectivity index (χ1) is 7.84. The topological polar surface area (TPSA) is 49.5 Å². The molecule has 1 aromatic carbocycles. The molecule has 0 bridgehead atoms. The van der Waals surface area contributed by atoms with Crippen molar-refractivity contribution < 1.29 is 10.2 Å². The lowest BCUT2D eigenvalue weighted by atomic mass is 10.0. The zero-order chi connectivity index (χ0) is 12.7. The van der Waals surface area contributed by atoms with Gasteiger partial charge in [-0.15, -0.1) is 5.06 Å². The third kappa shape index (κ3) is 2.06. The summed E-state index contributed by atoms with van der Waals surface area (Å²) < 4.78 is 0. The van der Waals surface area contributed by atoms with Crippen LogP contribution in [-0.4, -0.2) is 27.3 Å². The van der Waals surface area contributed by atoms with Crippen molar-refractivity contribution in [1.29, 1.82) is 0 Å². The van der Waals surface area contributed by atoms with Crippen LogP contribution >= 0.6 is 0 Å². The first-order valence-electron chi connectivity index (χ1n) is 5.81. The summed E-state index contributed by atoms with van der Waals surface area (Å²) in [6.45, 7) is 7.82. The van der Waals surface area contributed by atoms with Crippen LogP contribution in [0, 0.1) is 0 Å². The van der Waals surface area contributed by atoms with E-state index in [0.717, 1.165) is 11.5 Å². The average Bonchev–Trinajstić information content (AvgIpc) is 2.41. The van der Waals surface area contributed by atoms with Gasteiger partial charge in [-0.25, -0.2) is 5.32 Å². The van der Waals surface area contributed by atoms with Crippen LogP contribution in [0.3, 0.4) is 0 Å². The summed E-state index contributed by atoms with van der Waals surface area (Å²) in [6, 6.07) is 9.93. The first kappa shape index (κ1) is 12.1. The van der Waals surface area contributed by atoms with E-state index in [1.165, 1.54) is 5.06 Å². The van der Waals surface area contributed by atoms with Crippen LogP contribution in [0.2, 0.25) is 0 Å². The van der Waals surface area contributed by atoms with Gasteiger partial charge in [0.25, 0.3) is 5.84 Å². The molecule has 1 aliphatic heterocycles. The quantitative estimate of drug-likeness (QED) is 0.673. The second kappa shape index (κ2) is 3.82. The van der Waals surface area contributed by atoms with Crippen molar-refractivity contribution in [1.82, 2.24) is 5.06 Å². The summed E-state index contributed by atoms with van der Waals surface area (Å²) in [4.78, 5) is 3.30. The predicted molar refractivity (Wildman–Crippen MR) is 67.8 cm³/mol. The molecule has 0 amide bonds. The molecule has 17 heavy (non-hydrogen) atoms. The largest absolute Gasteiger partial charge is 0.309 e. The highest BCUT2D eigenvalue weighted by atomic mass is 16.5. The number of hydrogen-bond acceptors (Lipinski definition) is 3. The molecule has 0 saturated heterocycles. The minimum absolute atomic E-state index is 0.459. The maximum Gasteiger partial charge on any atom is 0.272 e. The van der Waals surface area contributed by atoms with Gasteiger partial charge in [0.05, 0.1) is 0 Å². The molecule has 3 N–H and O–H groups in total. The Labute approximate surface area is 102 Å². The second-order valence-corrected chi connectivity index (χ2v) is 5.42. The molecule has 4 heteroatoms. The Balaban J connectivity index is 2.28. The number of anilines is 1. The lowest BCUT2D eigenvalue weighted by Crippen LogP contribution is -2.85. The summed E-state index contributed by atoms with van der Waals surface area (Å²) >= 11 is 0. The van der Waals surface area contributed by atoms with Crippen LogP contribution in [0.25, 0.3) is 0 Å². The van der Waals surface area contributed by atoms with E-state index in [2.05, 4.69) is 10.3 Å². The lowest BCUT2D eigenvalue weighted by Gasteiger charge is -2.30. The van der Waals surface area contributed by atoms with Crippen molar-refractivity contribution in [3.63, 3.8) is 0 Å². The fraction of sp³-hybridized carbons (Fsp3) is 0.462. The summed E-state index contributed by atoms with van der Waals surface area (Å²) in [5.41, 5.74) is 0.0779. The van der Waals surface area contributed by atoms with E-state index in [9.17, 15) is 5.21 Å². The Morgan fingerprint density at radius 3 is 2.18 bits per heavy atom. The fourth-order valence-electron chi connectivity index (χ4n) is 2.17. The summed E-state index contributed by atoms with van der Waals surface area (Å²) in [6.07, 6.45) is 0. The normalized spacial score (nSPS) is 22.3. The number of hydrogen-bond donors (Lipinski definition) is 3. The van der Waals surface area contributed by atoms with Crippen LogP contribution in [0.1, 0.15) is 27.7 Å². The Kier molecular flexibility index (Phi) is 2.72. The molecule has 0 radical (unpaired) electrons. The van der Waals surface area contributed by atoms with Gasteiger partial charge in [0.15, 0.2) is 5.66 Å². The zero-order valence-corrected chi connectivity index (χ0v) is 10.8. The molecule has 0 aromatic heterocycles. The second-order valence-electron chi connectivity index (χ2n) is 5.42. The van der Waals surface area contributed by atoms with Gasteiger partial charge in [0.2, 0.25) is 0 Å². The van der Waals surface area contributed by atoms with Crippen molar-refractivity contribution >= 4 is 11.5 Å². The zero-order valence-electron chi connectivity index (χ0n) is 10.8. The molecule has 1 heterocycles. The van der Waals surface area contributed by atoms with Gasteiger partial charge in [-0.05, 0) is 39.8 Å². The Morgan fingerprint density at radius 1 is 1.12 bits per heavy atom. The highest BCUT2D eigenvalue weighted by molar-refractivity contribution is 5.98. The van der Waals surface area contributed by atoms with E-state index >= 15 is 0 Å². The molecule has 0 fully saturated rings. The van der Waals surface area contributed by atoms with E-state index in [1.807, 2.05) is 58.0 Å². The smallest absolute Gasteiger partial charge is 0.272 e. The van der Waals surface area contributed by atoms with Crippen molar-refractivity contribution in [2.24, 2.45) is 0 Å². The van der Waals surface area contributed by atoms with Crippen molar-refractivity contribution in [2.45, 2.75) is 38.9 Å². The molecular weight excluding hydrogens is 214 g/mol. The molecule has 4 nitrogen and oxygen atoms in total. The van der Waals surface area contributed by atoms with E-state index in [4.69, 9.17) is 0 Å². The number of rotatable bonds is 1. The molecule has 0 unspecified atom stereocenters. The molecule has 92 valence electrons. The number of hydroxylamine groups is 2. The molecule has 1 aliphatic rings. The van der Waals surface area contributed by atoms with Gasteiger partial charge < -0.3 is 5.21 Å². The third-order valence-electron chi connectivity index (χ3n) is 3.14. The van der Waals surface area contributed by atoms with E-state index in [1.54, 1.807) is 0 Å². The number of nitrogens with one attached hydrogen (secondary N) is 2. The van der Waals surface area contributed by atoms with Gasteiger partial charge in [-0.3, -0.25) is 4.99 Å². The standard InChI is InChI=1S/C13H19N3O/c1-12(2)11(15-13(3,4)16(12)17)14-10-8-6-5-7-9-10/h5-9,17H,1-4H3,(H,14,15)/p+1. The summed E-state index contributed by atoms with van der Waals surface area (Å²) in [5.74, 6) is 0.899. The summed E-state index contributed by atoms with van der Waals surface area (Å²) in [5, 5.41) is 14.8. The molecule has 1 aromatic rings. The Morgan fingerprint density at radius 2 is 1.71 bits per heavy atom. The minimum Gasteiger partial charge on any atom is -0.309 e. The van der Waals surface area contributed by atoms with Crippen LogP contribution in [-0.2, 0) is 0 Å². The summed E-state index contributed by atoms with van der Waals surface area (Å²) in [7, 11) is 0. The molecule has 0 spiro atoms. The van der Waals surface area contributed by atoms with Gasteiger partial charge in [-0.1, -0.05) is 18.2 Å². The molecule has 0 saturated carbocycles. The Bertz CT molecular complexity index is 437. The molecule has 2 rings (SSSR count). The predicted octanol–water partition coefficient (Wildman–Crippen LogP) is 0.797. The van der Waals surface area contributed by atoms with Gasteiger partial charge in [0.1, 0.15) is 11.2 Å². The van der Waals surface area contributed by atoms with Crippen LogP contribution in [0.15, 0.2) is 30.3 Å². The van der Waals surface area contributed by atoms with Crippen LogP contribution in [0.5, 0.6) is 0 Å². The van der Waals surface area contributed by atoms with E-state index < -0.39 is 11.2 Å². The number of nitrogens with zero attached hydrogens (tertiary/aromatic N) is 1. The minimum atomic E-state index is -0.472. The van der Waals surface area contributed by atoms with E-state index in [-0.39, 0.29) is 0 Å². The average molecular weight is 234 g/mol. The maximum absolute atomic E-state index is 10.1. The van der Waals surface area contributed by atoms with E-state index in [0.29, 0.717) is 0 Å². The van der Waals surface area contributed by atoms with Crippen molar-refractivity contribution in [2.75, 3.05) is 5.32 Å². The third-order valence-corrected chi connectivity index (χ3v) is 3.14.